The number of hydrogen-bond acceptors (Lipinski definition) is 4. The zero-order valence-electron chi connectivity index (χ0n) is 8.79. The number of sulfone groups is 1. The van der Waals surface area contributed by atoms with Crippen LogP contribution in [0.25, 0.3) is 0 Å². The van der Waals surface area contributed by atoms with Gasteiger partial charge in [0.1, 0.15) is 0 Å². The summed E-state index contributed by atoms with van der Waals surface area (Å²) in [7, 11) is -3.15. The van der Waals surface area contributed by atoms with Crippen molar-refractivity contribution in [3.8, 4) is 0 Å². The number of thioether (sulfide) groups is 1. The van der Waals surface area contributed by atoms with Crippen LogP contribution in [0.3, 0.4) is 0 Å². The minimum Gasteiger partial charge on any atom is -0.281 e. The van der Waals surface area contributed by atoms with Crippen molar-refractivity contribution in [1.82, 2.24) is 0 Å². The van der Waals surface area contributed by atoms with Gasteiger partial charge in [0, 0.05) is 11.0 Å². The minimum atomic E-state index is -3.15. The summed E-state index contributed by atoms with van der Waals surface area (Å²) in [4.78, 5) is 11.5. The Balaban J connectivity index is 2.61. The van der Waals surface area contributed by atoms with Gasteiger partial charge in [0.25, 0.3) is 0 Å². The minimum absolute atomic E-state index is 0.0452. The molecule has 0 aliphatic rings. The standard InChI is InChI=1S/C11H12O3S2/c1-2-16(13,14)9-8-15-11(12)10-6-4-3-5-7-10/h3-9H,2H2,1H3. The highest BCUT2D eigenvalue weighted by molar-refractivity contribution is 8.17. The number of rotatable bonds is 4. The predicted octanol–water partition coefficient (Wildman–Crippen LogP) is 2.47. The van der Waals surface area contributed by atoms with Gasteiger partial charge >= 0.3 is 0 Å². The molecule has 0 atom stereocenters. The monoisotopic (exact) mass is 256 g/mol. The second kappa shape index (κ2) is 5.86. The first-order chi connectivity index (χ1) is 7.55. The van der Waals surface area contributed by atoms with Crippen LogP contribution in [0.4, 0.5) is 0 Å². The molecule has 1 aromatic carbocycles. The number of carbonyl (C=O) groups excluding carboxylic acids is 1. The van der Waals surface area contributed by atoms with E-state index in [0.717, 1.165) is 17.2 Å². The van der Waals surface area contributed by atoms with Crippen LogP contribution in [-0.4, -0.2) is 19.3 Å². The topological polar surface area (TPSA) is 51.2 Å². The molecule has 0 aliphatic carbocycles. The van der Waals surface area contributed by atoms with Gasteiger partial charge in [-0.2, -0.15) is 0 Å². The van der Waals surface area contributed by atoms with Gasteiger partial charge in [0.15, 0.2) is 9.84 Å². The highest BCUT2D eigenvalue weighted by atomic mass is 32.2. The highest BCUT2D eigenvalue weighted by Gasteiger charge is 2.04. The highest BCUT2D eigenvalue weighted by Crippen LogP contribution is 2.13. The van der Waals surface area contributed by atoms with E-state index < -0.39 is 9.84 Å². The van der Waals surface area contributed by atoms with E-state index >= 15 is 0 Å². The Morgan fingerprint density at radius 1 is 1.31 bits per heavy atom. The lowest BCUT2D eigenvalue weighted by Gasteiger charge is -1.95. The molecule has 3 nitrogen and oxygen atoms in total. The Labute approximate surface area is 99.5 Å². The lowest BCUT2D eigenvalue weighted by atomic mass is 10.2. The molecule has 0 amide bonds. The Bertz CT molecular complexity index is 475. The number of benzene rings is 1. The maximum atomic E-state index is 11.5. The van der Waals surface area contributed by atoms with Crippen LogP contribution in [0.1, 0.15) is 17.3 Å². The smallest absolute Gasteiger partial charge is 0.223 e. The third-order valence-electron chi connectivity index (χ3n) is 1.85. The average Bonchev–Trinajstić information content (AvgIpc) is 2.30. The summed E-state index contributed by atoms with van der Waals surface area (Å²) in [6.45, 7) is 1.56. The van der Waals surface area contributed by atoms with Crippen LogP contribution >= 0.6 is 11.8 Å². The first-order valence-electron chi connectivity index (χ1n) is 4.70. The second-order valence-corrected chi connectivity index (χ2v) is 6.05. The van der Waals surface area contributed by atoms with E-state index in [0.29, 0.717) is 5.56 Å². The quantitative estimate of drug-likeness (QED) is 0.830. The molecule has 0 radical (unpaired) electrons. The average molecular weight is 256 g/mol. The molecular formula is C11H12O3S2. The van der Waals surface area contributed by atoms with Gasteiger partial charge in [-0.25, -0.2) is 8.42 Å². The first kappa shape index (κ1) is 13.0. The third kappa shape index (κ3) is 4.20. The lowest BCUT2D eigenvalue weighted by Crippen LogP contribution is -1.97. The van der Waals surface area contributed by atoms with Gasteiger partial charge in [-0.15, -0.1) is 0 Å². The van der Waals surface area contributed by atoms with E-state index in [1.54, 1.807) is 31.2 Å². The molecule has 0 bridgehead atoms. The van der Waals surface area contributed by atoms with Gasteiger partial charge in [-0.05, 0) is 5.41 Å². The summed E-state index contributed by atoms with van der Waals surface area (Å²) in [5, 5.41) is 2.22. The fraction of sp³-hybridized carbons (Fsp3) is 0.182. The Kier molecular flexibility index (Phi) is 4.76. The van der Waals surface area contributed by atoms with Crippen LogP contribution in [0.15, 0.2) is 41.1 Å². The normalized spacial score (nSPS) is 11.8. The molecule has 16 heavy (non-hydrogen) atoms. The molecule has 0 aromatic heterocycles. The van der Waals surface area contributed by atoms with Gasteiger partial charge < -0.3 is 0 Å². The summed E-state index contributed by atoms with van der Waals surface area (Å²) >= 11 is 0.873. The van der Waals surface area contributed by atoms with Crippen LogP contribution < -0.4 is 0 Å². The summed E-state index contributed by atoms with van der Waals surface area (Å²) in [5.41, 5.74) is 0.561. The van der Waals surface area contributed by atoms with Crippen molar-refractivity contribution < 1.29 is 13.2 Å². The molecule has 1 aromatic rings. The van der Waals surface area contributed by atoms with Crippen LogP contribution in [-0.2, 0) is 9.84 Å². The van der Waals surface area contributed by atoms with Crippen LogP contribution in [0, 0.1) is 0 Å². The maximum absolute atomic E-state index is 11.5. The molecule has 86 valence electrons. The van der Waals surface area contributed by atoms with Crippen molar-refractivity contribution >= 4 is 26.7 Å². The fourth-order valence-electron chi connectivity index (χ4n) is 0.913. The molecule has 0 aliphatic heterocycles. The first-order valence-corrected chi connectivity index (χ1v) is 7.30. The summed E-state index contributed by atoms with van der Waals surface area (Å²) in [6.07, 6.45) is 0. The fourth-order valence-corrected chi connectivity index (χ4v) is 2.40. The van der Waals surface area contributed by atoms with Crippen LogP contribution in [0.5, 0.6) is 0 Å². The molecule has 0 fully saturated rings. The largest absolute Gasteiger partial charge is 0.281 e. The third-order valence-corrected chi connectivity index (χ3v) is 4.10. The molecule has 0 unspecified atom stereocenters. The van der Waals surface area contributed by atoms with E-state index in [1.165, 1.54) is 5.41 Å². The molecule has 1 rings (SSSR count). The zero-order valence-corrected chi connectivity index (χ0v) is 10.4. The van der Waals surface area contributed by atoms with Crippen LogP contribution in [0.2, 0.25) is 0 Å². The SMILES string of the molecule is CCS(=O)(=O)C=CSC(=O)c1ccccc1. The molecule has 0 saturated heterocycles. The van der Waals surface area contributed by atoms with Gasteiger partial charge in [0.05, 0.1) is 5.75 Å². The Morgan fingerprint density at radius 3 is 2.50 bits per heavy atom. The summed E-state index contributed by atoms with van der Waals surface area (Å²) in [6, 6.07) is 8.73. The van der Waals surface area contributed by atoms with E-state index in [1.807, 2.05) is 6.07 Å². The van der Waals surface area contributed by atoms with Crippen molar-refractivity contribution in [3.05, 3.63) is 46.7 Å². The lowest BCUT2D eigenvalue weighted by molar-refractivity contribution is 0.109. The van der Waals surface area contributed by atoms with E-state index in [-0.39, 0.29) is 10.9 Å². The molecular weight excluding hydrogens is 244 g/mol. The van der Waals surface area contributed by atoms with E-state index in [4.69, 9.17) is 0 Å². The molecule has 0 saturated carbocycles. The molecule has 0 heterocycles. The van der Waals surface area contributed by atoms with Crippen molar-refractivity contribution in [2.75, 3.05) is 5.75 Å². The Hall–Kier alpha value is -1.07. The number of hydrogen-bond donors (Lipinski definition) is 0. The van der Waals surface area contributed by atoms with Crippen molar-refractivity contribution in [1.29, 1.82) is 0 Å². The summed E-state index contributed by atoms with van der Waals surface area (Å²) in [5.74, 6) is 0.0452. The molecule has 0 spiro atoms. The maximum Gasteiger partial charge on any atom is 0.223 e. The summed E-state index contributed by atoms with van der Waals surface area (Å²) < 4.78 is 22.2. The van der Waals surface area contributed by atoms with Crippen molar-refractivity contribution in [2.45, 2.75) is 6.92 Å². The van der Waals surface area contributed by atoms with Gasteiger partial charge in [-0.1, -0.05) is 49.0 Å². The van der Waals surface area contributed by atoms with Gasteiger partial charge in [-0.3, -0.25) is 4.79 Å². The number of carbonyl (C=O) groups is 1. The zero-order chi connectivity index (χ0) is 12.0. The predicted molar refractivity (Wildman–Crippen MR) is 67.0 cm³/mol. The van der Waals surface area contributed by atoms with Gasteiger partial charge in [0.2, 0.25) is 5.12 Å². The molecule has 5 heteroatoms. The van der Waals surface area contributed by atoms with E-state index in [2.05, 4.69) is 0 Å². The second-order valence-electron chi connectivity index (χ2n) is 3.00. The van der Waals surface area contributed by atoms with Crippen molar-refractivity contribution in [2.24, 2.45) is 0 Å². The molecule has 0 N–H and O–H groups in total. The van der Waals surface area contributed by atoms with E-state index in [9.17, 15) is 13.2 Å². The van der Waals surface area contributed by atoms with Crippen molar-refractivity contribution in [3.63, 3.8) is 0 Å². The Morgan fingerprint density at radius 2 is 1.94 bits per heavy atom.